The Balaban J connectivity index is 2.11. The minimum absolute atomic E-state index is 0.0633. The van der Waals surface area contributed by atoms with E-state index in [4.69, 9.17) is 4.74 Å². The summed E-state index contributed by atoms with van der Waals surface area (Å²) in [5.74, 6) is -0.976. The second-order valence-electron chi connectivity index (χ2n) is 3.74. The van der Waals surface area contributed by atoms with Gasteiger partial charge in [-0.15, -0.1) is 0 Å². The van der Waals surface area contributed by atoms with Crippen LogP contribution in [0.25, 0.3) is 0 Å². The number of rotatable bonds is 3. The van der Waals surface area contributed by atoms with Crippen LogP contribution in [0.2, 0.25) is 0 Å². The Morgan fingerprint density at radius 3 is 2.69 bits per heavy atom. The van der Waals surface area contributed by atoms with Gasteiger partial charge in [-0.25, -0.2) is 0 Å². The quantitative estimate of drug-likeness (QED) is 0.451. The summed E-state index contributed by atoms with van der Waals surface area (Å²) in [6.45, 7) is 0. The molecule has 1 aliphatic carbocycles. The predicted octanol–water partition coefficient (Wildman–Crippen LogP) is 2.45. The first-order chi connectivity index (χ1) is 7.66. The van der Waals surface area contributed by atoms with Gasteiger partial charge in [0, 0.05) is 12.1 Å². The Morgan fingerprint density at radius 1 is 1.44 bits per heavy atom. The topological polar surface area (TPSA) is 65.3 Å². The molecule has 1 aromatic rings. The second-order valence-corrected chi connectivity index (χ2v) is 3.74. The van der Waals surface area contributed by atoms with E-state index in [2.05, 4.69) is 4.98 Å². The monoisotopic (exact) mass is 226 g/mol. The van der Waals surface area contributed by atoms with E-state index in [1.54, 1.807) is 0 Å². The zero-order valence-corrected chi connectivity index (χ0v) is 8.56. The molecule has 0 aromatic carbocycles. The Bertz CT molecular complexity index is 405. The lowest BCUT2D eigenvalue weighted by Gasteiger charge is -2.11. The Hall–Kier alpha value is -1.72. The van der Waals surface area contributed by atoms with Crippen LogP contribution in [-0.2, 0) is 0 Å². The van der Waals surface area contributed by atoms with Crippen LogP contribution in [0.4, 0.5) is 10.1 Å². The van der Waals surface area contributed by atoms with Crippen molar-refractivity contribution in [2.24, 2.45) is 0 Å². The summed E-state index contributed by atoms with van der Waals surface area (Å²) in [6.07, 6.45) is 4.12. The molecule has 1 aromatic heterocycles. The summed E-state index contributed by atoms with van der Waals surface area (Å²) >= 11 is 0. The average molecular weight is 226 g/mol. The van der Waals surface area contributed by atoms with Crippen molar-refractivity contribution in [2.45, 2.75) is 31.8 Å². The van der Waals surface area contributed by atoms with Crippen molar-refractivity contribution < 1.29 is 14.1 Å². The van der Waals surface area contributed by atoms with E-state index in [1.807, 2.05) is 0 Å². The molecule has 86 valence electrons. The summed E-state index contributed by atoms with van der Waals surface area (Å²) < 4.78 is 18.6. The van der Waals surface area contributed by atoms with E-state index < -0.39 is 16.6 Å². The van der Waals surface area contributed by atoms with E-state index in [9.17, 15) is 14.5 Å². The minimum atomic E-state index is -1.10. The van der Waals surface area contributed by atoms with Gasteiger partial charge in [0.1, 0.15) is 6.10 Å². The maximum Gasteiger partial charge on any atom is 0.324 e. The van der Waals surface area contributed by atoms with Gasteiger partial charge in [0.05, 0.1) is 4.92 Å². The number of nitrogens with zero attached hydrogens (tertiary/aromatic N) is 2. The van der Waals surface area contributed by atoms with Crippen LogP contribution >= 0.6 is 0 Å². The third-order valence-electron chi connectivity index (χ3n) is 2.59. The third-order valence-corrected chi connectivity index (χ3v) is 2.59. The SMILES string of the molecule is O=[N+]([O-])c1ccc(OC2CCCC2)nc1F. The standard InChI is InChI=1S/C10H11FN2O3/c11-10-8(13(14)15)5-6-9(12-10)16-7-3-1-2-4-7/h5-7H,1-4H2. The van der Waals surface area contributed by atoms with Gasteiger partial charge in [-0.3, -0.25) is 10.1 Å². The fraction of sp³-hybridized carbons (Fsp3) is 0.500. The summed E-state index contributed by atoms with van der Waals surface area (Å²) in [5, 5.41) is 10.4. The van der Waals surface area contributed by atoms with Crippen LogP contribution in [0.15, 0.2) is 12.1 Å². The molecule has 0 saturated heterocycles. The number of pyridine rings is 1. The van der Waals surface area contributed by atoms with E-state index in [0.29, 0.717) is 0 Å². The van der Waals surface area contributed by atoms with Gasteiger partial charge >= 0.3 is 5.69 Å². The van der Waals surface area contributed by atoms with Gasteiger partial charge in [0.2, 0.25) is 5.88 Å². The molecule has 0 radical (unpaired) electrons. The van der Waals surface area contributed by atoms with Gasteiger partial charge < -0.3 is 4.74 Å². The van der Waals surface area contributed by atoms with Crippen LogP contribution < -0.4 is 4.74 Å². The lowest BCUT2D eigenvalue weighted by Crippen LogP contribution is -2.12. The largest absolute Gasteiger partial charge is 0.474 e. The molecule has 0 N–H and O–H groups in total. The average Bonchev–Trinajstić information content (AvgIpc) is 2.70. The molecule has 2 rings (SSSR count). The maximum absolute atomic E-state index is 13.1. The van der Waals surface area contributed by atoms with E-state index in [0.717, 1.165) is 31.7 Å². The molecule has 6 heteroatoms. The zero-order valence-electron chi connectivity index (χ0n) is 8.56. The molecule has 0 aliphatic heterocycles. The number of halogens is 1. The molecule has 1 aliphatic rings. The minimum Gasteiger partial charge on any atom is -0.474 e. The molecule has 0 atom stereocenters. The van der Waals surface area contributed by atoms with Crippen molar-refractivity contribution in [1.82, 2.24) is 4.98 Å². The maximum atomic E-state index is 13.1. The normalized spacial score (nSPS) is 16.3. The molecule has 0 spiro atoms. The highest BCUT2D eigenvalue weighted by Crippen LogP contribution is 2.24. The summed E-state index contributed by atoms with van der Waals surface area (Å²) in [5.41, 5.74) is -0.626. The lowest BCUT2D eigenvalue weighted by atomic mass is 10.3. The molecule has 1 fully saturated rings. The van der Waals surface area contributed by atoms with Crippen LogP contribution in [0, 0.1) is 16.1 Å². The molecule has 16 heavy (non-hydrogen) atoms. The number of ether oxygens (including phenoxy) is 1. The van der Waals surface area contributed by atoms with Gasteiger partial charge in [-0.1, -0.05) is 0 Å². The highest BCUT2D eigenvalue weighted by Gasteiger charge is 2.20. The van der Waals surface area contributed by atoms with Crippen LogP contribution in [-0.4, -0.2) is 16.0 Å². The predicted molar refractivity (Wildman–Crippen MR) is 53.7 cm³/mol. The molecule has 1 saturated carbocycles. The number of nitro groups is 1. The van der Waals surface area contributed by atoms with Crippen LogP contribution in [0.1, 0.15) is 25.7 Å². The Labute approximate surface area is 91.4 Å². The highest BCUT2D eigenvalue weighted by molar-refractivity contribution is 5.30. The van der Waals surface area contributed by atoms with Crippen molar-refractivity contribution in [1.29, 1.82) is 0 Å². The van der Waals surface area contributed by atoms with Crippen molar-refractivity contribution in [3.05, 3.63) is 28.2 Å². The highest BCUT2D eigenvalue weighted by atomic mass is 19.1. The van der Waals surface area contributed by atoms with E-state index >= 15 is 0 Å². The van der Waals surface area contributed by atoms with Crippen molar-refractivity contribution in [3.8, 4) is 5.88 Å². The first-order valence-corrected chi connectivity index (χ1v) is 5.14. The molecular weight excluding hydrogens is 215 g/mol. The van der Waals surface area contributed by atoms with Crippen molar-refractivity contribution in [3.63, 3.8) is 0 Å². The summed E-state index contributed by atoms with van der Waals surface area (Å²) in [7, 11) is 0. The van der Waals surface area contributed by atoms with Crippen molar-refractivity contribution in [2.75, 3.05) is 0 Å². The fourth-order valence-electron chi connectivity index (χ4n) is 1.79. The molecule has 5 nitrogen and oxygen atoms in total. The smallest absolute Gasteiger partial charge is 0.324 e. The van der Waals surface area contributed by atoms with Gasteiger partial charge in [0.15, 0.2) is 0 Å². The Kier molecular flexibility index (Phi) is 2.98. The summed E-state index contributed by atoms with van der Waals surface area (Å²) in [4.78, 5) is 13.0. The second kappa shape index (κ2) is 4.42. The third kappa shape index (κ3) is 2.26. The molecule has 0 unspecified atom stereocenters. The molecule has 0 bridgehead atoms. The molecular formula is C10H11FN2O3. The van der Waals surface area contributed by atoms with E-state index in [-0.39, 0.29) is 12.0 Å². The number of hydrogen-bond donors (Lipinski definition) is 0. The fourth-order valence-corrected chi connectivity index (χ4v) is 1.79. The lowest BCUT2D eigenvalue weighted by molar-refractivity contribution is -0.388. The zero-order chi connectivity index (χ0) is 11.5. The number of aromatic nitrogens is 1. The van der Waals surface area contributed by atoms with Crippen LogP contribution in [0.3, 0.4) is 0 Å². The number of hydrogen-bond acceptors (Lipinski definition) is 4. The Morgan fingerprint density at radius 2 is 2.12 bits per heavy atom. The van der Waals surface area contributed by atoms with E-state index in [1.165, 1.54) is 6.07 Å². The van der Waals surface area contributed by atoms with Gasteiger partial charge in [-0.2, -0.15) is 9.37 Å². The first-order valence-electron chi connectivity index (χ1n) is 5.14. The van der Waals surface area contributed by atoms with Crippen molar-refractivity contribution >= 4 is 5.69 Å². The van der Waals surface area contributed by atoms with Crippen LogP contribution in [0.5, 0.6) is 5.88 Å². The van der Waals surface area contributed by atoms with Gasteiger partial charge in [-0.05, 0) is 25.7 Å². The first kappa shape index (κ1) is 10.8. The molecule has 0 amide bonds. The molecule has 1 heterocycles. The van der Waals surface area contributed by atoms with Gasteiger partial charge in [0.25, 0.3) is 5.95 Å². The summed E-state index contributed by atoms with van der Waals surface area (Å²) in [6, 6.07) is 2.41.